The molecule has 3 aromatic rings. The molecule has 0 saturated heterocycles. The van der Waals surface area contributed by atoms with Gasteiger partial charge in [-0.3, -0.25) is 10.2 Å². The van der Waals surface area contributed by atoms with Crippen LogP contribution in [0.5, 0.6) is 11.8 Å². The molecule has 2 aromatic carbocycles. The van der Waals surface area contributed by atoms with Crippen molar-refractivity contribution in [3.05, 3.63) is 83.4 Å². The summed E-state index contributed by atoms with van der Waals surface area (Å²) >= 11 is 0. The lowest BCUT2D eigenvalue weighted by Gasteiger charge is -2.32. The summed E-state index contributed by atoms with van der Waals surface area (Å²) in [6.45, 7) is 4.98. The molecule has 9 heteroatoms. The van der Waals surface area contributed by atoms with Crippen molar-refractivity contribution in [3.63, 3.8) is 0 Å². The molecule has 1 atom stereocenters. The van der Waals surface area contributed by atoms with Gasteiger partial charge in [0.05, 0.1) is 13.2 Å². The Bertz CT molecular complexity index is 1070. The zero-order chi connectivity index (χ0) is 23.8. The fourth-order valence-electron chi connectivity index (χ4n) is 3.54. The van der Waals surface area contributed by atoms with Gasteiger partial charge in [-0.15, -0.1) is 12.4 Å². The molecule has 5 N–H and O–H groups in total. The number of amides is 1. The first kappa shape index (κ1) is 26.5. The molecule has 180 valence electrons. The SMILES string of the molecule is CCOc1cc(C(C(N)=O)N(Cc2ccccc2)c2ccc(C(=N)N)cc2)cc(OCC)n1.Cl. The number of benzene rings is 2. The molecule has 3 rings (SSSR count). The normalized spacial score (nSPS) is 11.1. The number of halogens is 1. The predicted molar refractivity (Wildman–Crippen MR) is 136 cm³/mol. The average Bonchev–Trinajstić information content (AvgIpc) is 2.79. The number of rotatable bonds is 11. The number of anilines is 1. The predicted octanol–water partition coefficient (Wildman–Crippen LogP) is 3.82. The van der Waals surface area contributed by atoms with Crippen LogP contribution >= 0.6 is 12.4 Å². The Morgan fingerprint density at radius 1 is 0.971 bits per heavy atom. The van der Waals surface area contributed by atoms with Gasteiger partial charge in [-0.2, -0.15) is 4.98 Å². The lowest BCUT2D eigenvalue weighted by atomic mass is 10.0. The summed E-state index contributed by atoms with van der Waals surface area (Å²) in [5.74, 6) is 0.157. The quantitative estimate of drug-likeness (QED) is 0.281. The van der Waals surface area contributed by atoms with E-state index in [1.54, 1.807) is 24.3 Å². The smallest absolute Gasteiger partial charge is 0.244 e. The molecular formula is C25H30ClN5O3. The Morgan fingerprint density at radius 3 is 2.00 bits per heavy atom. The molecular weight excluding hydrogens is 454 g/mol. The number of primary amides is 1. The summed E-state index contributed by atoms with van der Waals surface area (Å²) in [5.41, 5.74) is 14.5. The van der Waals surface area contributed by atoms with Crippen LogP contribution in [0.2, 0.25) is 0 Å². The molecule has 1 heterocycles. The molecule has 1 aromatic heterocycles. The topological polar surface area (TPSA) is 128 Å². The Balaban J connectivity index is 0.00000408. The molecule has 0 aliphatic carbocycles. The number of nitrogens with zero attached hydrogens (tertiary/aromatic N) is 2. The number of nitrogen functional groups attached to an aromatic ring is 1. The second-order valence-electron chi connectivity index (χ2n) is 7.32. The Morgan fingerprint density at radius 2 is 1.53 bits per heavy atom. The van der Waals surface area contributed by atoms with Crippen molar-refractivity contribution < 1.29 is 14.3 Å². The van der Waals surface area contributed by atoms with Gasteiger partial charge in [0, 0.05) is 29.9 Å². The van der Waals surface area contributed by atoms with Crippen molar-refractivity contribution in [1.82, 2.24) is 4.98 Å². The Kier molecular flexibility index (Phi) is 9.70. The second kappa shape index (κ2) is 12.5. The van der Waals surface area contributed by atoms with Crippen LogP contribution in [0.15, 0.2) is 66.7 Å². The number of amidine groups is 1. The van der Waals surface area contributed by atoms with E-state index < -0.39 is 11.9 Å². The van der Waals surface area contributed by atoms with Crippen LogP contribution in [0.1, 0.15) is 36.6 Å². The third-order valence-corrected chi connectivity index (χ3v) is 4.99. The number of ether oxygens (including phenoxy) is 2. The van der Waals surface area contributed by atoms with Crippen molar-refractivity contribution in [2.75, 3.05) is 18.1 Å². The molecule has 34 heavy (non-hydrogen) atoms. The van der Waals surface area contributed by atoms with Gasteiger partial charge in [-0.05, 0) is 49.2 Å². The van der Waals surface area contributed by atoms with Gasteiger partial charge in [0.1, 0.15) is 11.9 Å². The van der Waals surface area contributed by atoms with E-state index in [2.05, 4.69) is 4.98 Å². The van der Waals surface area contributed by atoms with Gasteiger partial charge in [-0.1, -0.05) is 30.3 Å². The van der Waals surface area contributed by atoms with Gasteiger partial charge < -0.3 is 25.8 Å². The zero-order valence-corrected chi connectivity index (χ0v) is 20.0. The van der Waals surface area contributed by atoms with Gasteiger partial charge in [-0.25, -0.2) is 0 Å². The highest BCUT2D eigenvalue weighted by Crippen LogP contribution is 2.32. The van der Waals surface area contributed by atoms with E-state index in [4.69, 9.17) is 26.4 Å². The first-order chi connectivity index (χ1) is 15.9. The monoisotopic (exact) mass is 483 g/mol. The van der Waals surface area contributed by atoms with Crippen LogP contribution in [0.4, 0.5) is 5.69 Å². The van der Waals surface area contributed by atoms with E-state index in [1.807, 2.05) is 61.2 Å². The standard InChI is InChI=1S/C25H29N5O3.ClH/c1-3-32-21-14-19(15-22(29-21)33-4-2)23(25(28)31)30(16-17-8-6-5-7-9-17)20-12-10-18(11-13-20)24(26)27;/h5-15,23H,3-4,16H2,1-2H3,(H3,26,27)(H2,28,31);1H. The number of carbonyl (C=O) groups is 1. The molecule has 8 nitrogen and oxygen atoms in total. The van der Waals surface area contributed by atoms with Gasteiger partial charge in [0.15, 0.2) is 0 Å². The molecule has 1 unspecified atom stereocenters. The van der Waals surface area contributed by atoms with Crippen LogP contribution < -0.4 is 25.8 Å². The van der Waals surface area contributed by atoms with Crippen LogP contribution in [0.3, 0.4) is 0 Å². The molecule has 0 saturated carbocycles. The minimum atomic E-state index is -0.824. The minimum absolute atomic E-state index is 0. The maximum absolute atomic E-state index is 12.8. The van der Waals surface area contributed by atoms with Crippen LogP contribution in [-0.2, 0) is 11.3 Å². The largest absolute Gasteiger partial charge is 0.478 e. The molecule has 0 fully saturated rings. The lowest BCUT2D eigenvalue weighted by molar-refractivity contribution is -0.119. The number of aromatic nitrogens is 1. The summed E-state index contributed by atoms with van der Waals surface area (Å²) in [7, 11) is 0. The molecule has 0 spiro atoms. The summed E-state index contributed by atoms with van der Waals surface area (Å²) in [6.07, 6.45) is 0. The molecule has 0 aliphatic rings. The van der Waals surface area contributed by atoms with Gasteiger partial charge >= 0.3 is 0 Å². The highest BCUT2D eigenvalue weighted by Gasteiger charge is 2.28. The van der Waals surface area contributed by atoms with Crippen molar-refractivity contribution in [3.8, 4) is 11.8 Å². The van der Waals surface area contributed by atoms with Crippen molar-refractivity contribution >= 4 is 29.8 Å². The van der Waals surface area contributed by atoms with E-state index in [-0.39, 0.29) is 18.2 Å². The van der Waals surface area contributed by atoms with Crippen molar-refractivity contribution in [2.24, 2.45) is 11.5 Å². The van der Waals surface area contributed by atoms with E-state index in [1.165, 1.54) is 0 Å². The van der Waals surface area contributed by atoms with Crippen molar-refractivity contribution in [1.29, 1.82) is 5.41 Å². The molecule has 1 amide bonds. The summed E-state index contributed by atoms with van der Waals surface area (Å²) in [6, 6.07) is 19.5. The van der Waals surface area contributed by atoms with Gasteiger partial charge in [0.25, 0.3) is 0 Å². The number of carbonyl (C=O) groups excluding carboxylic acids is 1. The van der Waals surface area contributed by atoms with E-state index in [0.717, 1.165) is 11.3 Å². The maximum atomic E-state index is 12.8. The fraction of sp³-hybridized carbons (Fsp3) is 0.240. The first-order valence-corrected chi connectivity index (χ1v) is 10.7. The number of nitrogens with two attached hydrogens (primary N) is 2. The fourth-order valence-corrected chi connectivity index (χ4v) is 3.54. The molecule has 0 aliphatic heterocycles. The number of pyridine rings is 1. The lowest BCUT2D eigenvalue weighted by Crippen LogP contribution is -2.37. The summed E-state index contributed by atoms with van der Waals surface area (Å²) in [4.78, 5) is 19.1. The summed E-state index contributed by atoms with van der Waals surface area (Å²) in [5, 5.41) is 7.66. The first-order valence-electron chi connectivity index (χ1n) is 10.7. The number of hydrogen-bond acceptors (Lipinski definition) is 6. The van der Waals surface area contributed by atoms with Gasteiger partial charge in [0.2, 0.25) is 17.7 Å². The number of hydrogen-bond donors (Lipinski definition) is 3. The van der Waals surface area contributed by atoms with E-state index in [9.17, 15) is 4.79 Å². The highest BCUT2D eigenvalue weighted by molar-refractivity contribution is 5.95. The zero-order valence-electron chi connectivity index (χ0n) is 19.2. The third kappa shape index (κ3) is 6.62. The third-order valence-electron chi connectivity index (χ3n) is 4.99. The number of nitrogens with one attached hydrogen (secondary N) is 1. The maximum Gasteiger partial charge on any atom is 0.244 e. The average molecular weight is 484 g/mol. The van der Waals surface area contributed by atoms with Crippen LogP contribution in [-0.4, -0.2) is 29.9 Å². The minimum Gasteiger partial charge on any atom is -0.478 e. The second-order valence-corrected chi connectivity index (χ2v) is 7.32. The van der Waals surface area contributed by atoms with E-state index >= 15 is 0 Å². The Hall–Kier alpha value is -3.78. The highest BCUT2D eigenvalue weighted by atomic mass is 35.5. The summed E-state index contributed by atoms with van der Waals surface area (Å²) < 4.78 is 11.2. The Labute approximate surface area is 205 Å². The van der Waals surface area contributed by atoms with E-state index in [0.29, 0.717) is 42.6 Å². The molecule has 0 radical (unpaired) electrons. The molecule has 0 bridgehead atoms. The van der Waals surface area contributed by atoms with Crippen LogP contribution in [0, 0.1) is 5.41 Å². The van der Waals surface area contributed by atoms with Crippen molar-refractivity contribution in [2.45, 2.75) is 26.4 Å². The van der Waals surface area contributed by atoms with Crippen LogP contribution in [0.25, 0.3) is 0 Å².